The van der Waals surface area contributed by atoms with Gasteiger partial charge in [-0.15, -0.1) is 11.6 Å². The Hall–Kier alpha value is -0.690. The number of morpholine rings is 1. The third kappa shape index (κ3) is 2.50. The fraction of sp³-hybridized carbons (Fsp3) is 0.583. The smallest absolute Gasteiger partial charge is 0.260 e. The normalized spacial score (nSPS) is 27.6. The van der Waals surface area contributed by atoms with Crippen molar-refractivity contribution < 1.29 is 13.2 Å². The van der Waals surface area contributed by atoms with Gasteiger partial charge in [0.05, 0.1) is 12.2 Å². The van der Waals surface area contributed by atoms with Crippen LogP contribution < -0.4 is 0 Å². The molecule has 2 unspecified atom stereocenters. The molecule has 0 spiro atoms. The molecule has 0 N–H and O–H groups in total. The predicted octanol–water partition coefficient (Wildman–Crippen LogP) is 1.37. The average Bonchev–Trinajstić information content (AvgIpc) is 2.77. The topological polar surface area (TPSA) is 59.5 Å². The van der Waals surface area contributed by atoms with E-state index < -0.39 is 10.0 Å². The zero-order valence-corrected chi connectivity index (χ0v) is 11.9. The van der Waals surface area contributed by atoms with Crippen LogP contribution in [0.15, 0.2) is 23.4 Å². The summed E-state index contributed by atoms with van der Waals surface area (Å²) >= 11 is 5.67. The van der Waals surface area contributed by atoms with Crippen LogP contribution in [0.4, 0.5) is 0 Å². The number of alkyl halides is 1. The van der Waals surface area contributed by atoms with Crippen LogP contribution in [-0.2, 0) is 20.6 Å². The van der Waals surface area contributed by atoms with Crippen LogP contribution >= 0.6 is 11.6 Å². The largest absolute Gasteiger partial charge is 0.372 e. The number of sulfonamides is 1. The van der Waals surface area contributed by atoms with E-state index in [1.165, 1.54) is 16.6 Å². The Labute approximate surface area is 117 Å². The molecule has 1 aromatic rings. The Morgan fingerprint density at radius 3 is 2.53 bits per heavy atom. The van der Waals surface area contributed by atoms with Gasteiger partial charge in [0.1, 0.15) is 0 Å². The molecule has 3 rings (SSSR count). The van der Waals surface area contributed by atoms with E-state index in [0.717, 1.165) is 18.4 Å². The first-order chi connectivity index (χ1) is 9.09. The molecule has 2 saturated heterocycles. The maximum Gasteiger partial charge on any atom is 0.260 e. The molecular formula is C12H15ClN2O3S. The summed E-state index contributed by atoms with van der Waals surface area (Å²) in [7, 11) is -3.51. The van der Waals surface area contributed by atoms with Crippen molar-refractivity contribution in [1.29, 1.82) is 0 Å². The minimum atomic E-state index is -3.51. The number of hydrogen-bond acceptors (Lipinski definition) is 4. The van der Waals surface area contributed by atoms with Gasteiger partial charge in [-0.2, -0.15) is 4.31 Å². The Balaban J connectivity index is 1.85. The van der Waals surface area contributed by atoms with Gasteiger partial charge >= 0.3 is 0 Å². The van der Waals surface area contributed by atoms with Crippen LogP contribution in [-0.4, -0.2) is 43.0 Å². The summed E-state index contributed by atoms with van der Waals surface area (Å²) in [6, 6.07) is 3.21. The molecule has 0 radical (unpaired) electrons. The Morgan fingerprint density at radius 2 is 2.00 bits per heavy atom. The van der Waals surface area contributed by atoms with Crippen LogP contribution in [0.1, 0.15) is 18.4 Å². The van der Waals surface area contributed by atoms with Crippen molar-refractivity contribution in [3.63, 3.8) is 0 Å². The van der Waals surface area contributed by atoms with E-state index in [1.807, 2.05) is 0 Å². The summed E-state index contributed by atoms with van der Waals surface area (Å²) in [5.41, 5.74) is 0.808. The first-order valence-corrected chi connectivity index (χ1v) is 8.23. The van der Waals surface area contributed by atoms with Crippen molar-refractivity contribution in [2.75, 3.05) is 13.1 Å². The second-order valence-corrected chi connectivity index (χ2v) is 7.07. The van der Waals surface area contributed by atoms with Gasteiger partial charge in [0.2, 0.25) is 0 Å². The van der Waals surface area contributed by atoms with Gasteiger partial charge in [0.25, 0.3) is 10.0 Å². The molecule has 104 valence electrons. The molecule has 3 heterocycles. The molecule has 1 aromatic heterocycles. The molecule has 0 amide bonds. The number of pyridine rings is 1. The number of ether oxygens (including phenoxy) is 1. The van der Waals surface area contributed by atoms with E-state index in [9.17, 15) is 8.42 Å². The van der Waals surface area contributed by atoms with Crippen molar-refractivity contribution >= 4 is 21.6 Å². The molecular weight excluding hydrogens is 288 g/mol. The average molecular weight is 303 g/mol. The lowest BCUT2D eigenvalue weighted by molar-refractivity contribution is -0.0115. The number of rotatable bonds is 3. The van der Waals surface area contributed by atoms with Gasteiger partial charge in [0, 0.05) is 25.2 Å². The Kier molecular flexibility index (Phi) is 3.51. The minimum Gasteiger partial charge on any atom is -0.372 e. The third-order valence-corrected chi connectivity index (χ3v) is 5.62. The summed E-state index contributed by atoms with van der Waals surface area (Å²) in [6.07, 6.45) is 3.46. The van der Waals surface area contributed by atoms with E-state index in [4.69, 9.17) is 16.3 Å². The SMILES string of the molecule is O=S(=O)(c1ccc(CCl)cn1)N1CC2CCC(C1)O2. The monoisotopic (exact) mass is 302 g/mol. The van der Waals surface area contributed by atoms with Crippen molar-refractivity contribution in [2.24, 2.45) is 0 Å². The van der Waals surface area contributed by atoms with Gasteiger partial charge in [0.15, 0.2) is 5.03 Å². The van der Waals surface area contributed by atoms with Crippen LogP contribution in [0.5, 0.6) is 0 Å². The molecule has 7 heteroatoms. The second-order valence-electron chi connectivity index (χ2n) is 4.92. The number of hydrogen-bond donors (Lipinski definition) is 0. The number of fused-ring (bicyclic) bond motifs is 2. The van der Waals surface area contributed by atoms with E-state index >= 15 is 0 Å². The molecule has 19 heavy (non-hydrogen) atoms. The maximum atomic E-state index is 12.5. The van der Waals surface area contributed by atoms with Crippen LogP contribution in [0.3, 0.4) is 0 Å². The summed E-state index contributed by atoms with van der Waals surface area (Å²) in [5, 5.41) is 0.0858. The molecule has 0 aromatic carbocycles. The van der Waals surface area contributed by atoms with Crippen molar-refractivity contribution in [3.8, 4) is 0 Å². The standard InChI is InChI=1S/C12H15ClN2O3S/c13-5-9-1-4-12(14-6-9)19(16,17)15-7-10-2-3-11(8-15)18-10/h1,4,6,10-11H,2-3,5,7-8H2. The summed E-state index contributed by atoms with van der Waals surface area (Å²) in [6.45, 7) is 0.857. The van der Waals surface area contributed by atoms with Gasteiger partial charge in [-0.3, -0.25) is 0 Å². The molecule has 5 nitrogen and oxygen atoms in total. The highest BCUT2D eigenvalue weighted by atomic mass is 35.5. The molecule has 0 aliphatic carbocycles. The highest BCUT2D eigenvalue weighted by Crippen LogP contribution is 2.29. The quantitative estimate of drug-likeness (QED) is 0.791. The summed E-state index contributed by atoms with van der Waals surface area (Å²) in [4.78, 5) is 4.01. The van der Waals surface area contributed by atoms with Crippen molar-refractivity contribution in [3.05, 3.63) is 23.9 Å². The van der Waals surface area contributed by atoms with Crippen LogP contribution in [0.2, 0.25) is 0 Å². The predicted molar refractivity (Wildman–Crippen MR) is 70.4 cm³/mol. The second kappa shape index (κ2) is 5.01. The van der Waals surface area contributed by atoms with Gasteiger partial charge < -0.3 is 4.74 Å². The highest BCUT2D eigenvalue weighted by molar-refractivity contribution is 7.89. The van der Waals surface area contributed by atoms with Crippen molar-refractivity contribution in [2.45, 2.75) is 36.0 Å². The Bertz CT molecular complexity index is 549. The first-order valence-electron chi connectivity index (χ1n) is 6.26. The molecule has 2 fully saturated rings. The lowest BCUT2D eigenvalue weighted by Gasteiger charge is -2.30. The lowest BCUT2D eigenvalue weighted by Crippen LogP contribution is -2.45. The van der Waals surface area contributed by atoms with E-state index in [1.54, 1.807) is 6.07 Å². The van der Waals surface area contributed by atoms with Crippen LogP contribution in [0, 0.1) is 0 Å². The van der Waals surface area contributed by atoms with Gasteiger partial charge in [-0.1, -0.05) is 6.07 Å². The third-order valence-electron chi connectivity index (χ3n) is 3.57. The van der Waals surface area contributed by atoms with Gasteiger partial charge in [-0.05, 0) is 24.5 Å². The highest BCUT2D eigenvalue weighted by Gasteiger charge is 2.39. The number of halogens is 1. The fourth-order valence-corrected chi connectivity index (χ4v) is 4.12. The van der Waals surface area contributed by atoms with Gasteiger partial charge in [-0.25, -0.2) is 13.4 Å². The summed E-state index contributed by atoms with van der Waals surface area (Å²) < 4.78 is 32.1. The number of aromatic nitrogens is 1. The van der Waals surface area contributed by atoms with E-state index in [2.05, 4.69) is 4.98 Å². The lowest BCUT2D eigenvalue weighted by atomic mass is 10.2. The molecule has 2 bridgehead atoms. The molecule has 2 aliphatic rings. The molecule has 2 atom stereocenters. The Morgan fingerprint density at radius 1 is 1.32 bits per heavy atom. The minimum absolute atomic E-state index is 0.0376. The van der Waals surface area contributed by atoms with E-state index in [-0.39, 0.29) is 17.2 Å². The van der Waals surface area contributed by atoms with Crippen molar-refractivity contribution in [1.82, 2.24) is 9.29 Å². The maximum absolute atomic E-state index is 12.5. The first kappa shape index (κ1) is 13.3. The fourth-order valence-electron chi connectivity index (χ4n) is 2.55. The number of nitrogens with zero attached hydrogens (tertiary/aromatic N) is 2. The zero-order valence-electron chi connectivity index (χ0n) is 10.3. The zero-order chi connectivity index (χ0) is 13.5. The van der Waals surface area contributed by atoms with Crippen LogP contribution in [0.25, 0.3) is 0 Å². The molecule has 2 aliphatic heterocycles. The molecule has 0 saturated carbocycles. The van der Waals surface area contributed by atoms with E-state index in [0.29, 0.717) is 19.0 Å². The summed E-state index contributed by atoms with van der Waals surface area (Å²) in [5.74, 6) is 0.328.